The van der Waals surface area contributed by atoms with Crippen molar-refractivity contribution in [3.8, 4) is 6.07 Å². The summed E-state index contributed by atoms with van der Waals surface area (Å²) in [6.45, 7) is 1.75. The fourth-order valence-electron chi connectivity index (χ4n) is 6.78. The van der Waals surface area contributed by atoms with Gasteiger partial charge in [-0.2, -0.15) is 10.4 Å². The molecular weight excluding hydrogens is 427 g/mol. The SMILES string of the molecule is CC(C#N)N=C(C=CN)c1ccc(C2Nc3c(F)cc4[nH]ncc4c3C3C4CCC(C4)C23)cc1. The molecule has 3 aromatic rings. The second-order valence-corrected chi connectivity index (χ2v) is 9.84. The number of halogens is 1. The third kappa shape index (κ3) is 3.12. The Balaban J connectivity index is 1.42. The summed E-state index contributed by atoms with van der Waals surface area (Å²) >= 11 is 0. The van der Waals surface area contributed by atoms with Gasteiger partial charge in [-0.15, -0.1) is 0 Å². The standard InChI is InChI=1S/C27H27FN6/c1-14(12-30)32-21(8-9-29)15-2-4-16(5-3-15)26-24-18-7-6-17(10-18)23(24)25-19-13-31-34-22(19)11-20(28)27(25)33-26/h2-5,8-9,11,13-14,17-18,23-24,26,33H,6-7,10,29H2,1H3,(H,31,34). The predicted molar refractivity (Wildman–Crippen MR) is 131 cm³/mol. The number of hydrogen-bond acceptors (Lipinski definition) is 5. The van der Waals surface area contributed by atoms with Crippen LogP contribution in [0.3, 0.4) is 0 Å². The number of allylic oxidation sites excluding steroid dienone is 1. The van der Waals surface area contributed by atoms with Crippen LogP contribution in [0.2, 0.25) is 0 Å². The number of nitriles is 1. The first-order chi connectivity index (χ1) is 16.6. The number of benzene rings is 2. The summed E-state index contributed by atoms with van der Waals surface area (Å²) < 4.78 is 15.3. The van der Waals surface area contributed by atoms with Gasteiger partial charge < -0.3 is 11.1 Å². The van der Waals surface area contributed by atoms with E-state index >= 15 is 4.39 Å². The van der Waals surface area contributed by atoms with E-state index in [0.29, 0.717) is 35.1 Å². The lowest BCUT2D eigenvalue weighted by molar-refractivity contribution is 0.247. The lowest BCUT2D eigenvalue weighted by atomic mass is 9.67. The van der Waals surface area contributed by atoms with Gasteiger partial charge in [-0.25, -0.2) is 4.39 Å². The van der Waals surface area contributed by atoms with E-state index in [1.807, 2.05) is 18.3 Å². The van der Waals surface area contributed by atoms with Crippen LogP contribution in [0.1, 0.15) is 54.8 Å². The molecule has 2 fully saturated rings. The quantitative estimate of drug-likeness (QED) is 0.473. The largest absolute Gasteiger partial charge is 0.405 e. The fourth-order valence-corrected chi connectivity index (χ4v) is 6.78. The summed E-state index contributed by atoms with van der Waals surface area (Å²) in [6.07, 6.45) is 8.68. The first kappa shape index (κ1) is 20.9. The number of nitrogens with zero attached hydrogens (tertiary/aromatic N) is 3. The summed E-state index contributed by atoms with van der Waals surface area (Å²) in [5.74, 6) is 1.78. The van der Waals surface area contributed by atoms with Crippen molar-refractivity contribution in [2.24, 2.45) is 28.5 Å². The topological polar surface area (TPSA) is 103 Å². The monoisotopic (exact) mass is 454 g/mol. The van der Waals surface area contributed by atoms with Crippen molar-refractivity contribution >= 4 is 22.3 Å². The third-order valence-corrected chi connectivity index (χ3v) is 8.08. The van der Waals surface area contributed by atoms with E-state index in [-0.39, 0.29) is 11.9 Å². The lowest BCUT2D eigenvalue weighted by Gasteiger charge is -2.44. The molecule has 2 aliphatic carbocycles. The van der Waals surface area contributed by atoms with E-state index in [2.05, 4.69) is 38.7 Å². The maximum Gasteiger partial charge on any atom is 0.148 e. The second-order valence-electron chi connectivity index (χ2n) is 9.84. The van der Waals surface area contributed by atoms with Crippen molar-refractivity contribution in [1.29, 1.82) is 5.26 Å². The van der Waals surface area contributed by atoms with E-state index in [0.717, 1.165) is 27.6 Å². The number of aromatic nitrogens is 2. The molecule has 0 radical (unpaired) electrons. The zero-order valence-electron chi connectivity index (χ0n) is 19.0. The van der Waals surface area contributed by atoms with Crippen LogP contribution in [0.15, 0.2) is 53.8 Å². The van der Waals surface area contributed by atoms with Gasteiger partial charge in [0.1, 0.15) is 11.9 Å². The molecule has 172 valence electrons. The van der Waals surface area contributed by atoms with Crippen LogP contribution in [0, 0.1) is 34.9 Å². The predicted octanol–water partition coefficient (Wildman–Crippen LogP) is 5.17. The molecular formula is C27H27FN6. The average Bonchev–Trinajstić information content (AvgIpc) is 3.60. The van der Waals surface area contributed by atoms with Crippen LogP contribution in [-0.4, -0.2) is 22.0 Å². The van der Waals surface area contributed by atoms with E-state index in [9.17, 15) is 0 Å². The molecule has 2 saturated carbocycles. The van der Waals surface area contributed by atoms with Gasteiger partial charge in [-0.1, -0.05) is 24.3 Å². The summed E-state index contributed by atoms with van der Waals surface area (Å²) in [7, 11) is 0. The zero-order chi connectivity index (χ0) is 23.4. The third-order valence-electron chi connectivity index (χ3n) is 8.08. The van der Waals surface area contributed by atoms with Crippen molar-refractivity contribution in [3.63, 3.8) is 0 Å². The Morgan fingerprint density at radius 1 is 1.29 bits per heavy atom. The van der Waals surface area contributed by atoms with Crippen LogP contribution in [0.4, 0.5) is 10.1 Å². The number of hydrogen-bond donors (Lipinski definition) is 3. The van der Waals surface area contributed by atoms with Gasteiger partial charge in [0.15, 0.2) is 0 Å². The Labute approximate surface area is 197 Å². The number of aliphatic imine (C=N–C) groups is 1. The minimum absolute atomic E-state index is 0.0455. The zero-order valence-corrected chi connectivity index (χ0v) is 19.0. The van der Waals surface area contributed by atoms with Gasteiger partial charge in [-0.3, -0.25) is 10.1 Å². The van der Waals surface area contributed by atoms with Gasteiger partial charge in [0.25, 0.3) is 0 Å². The molecule has 2 aromatic carbocycles. The molecule has 6 rings (SSSR count). The molecule has 0 amide bonds. The normalized spacial score (nSPS) is 28.5. The highest BCUT2D eigenvalue weighted by Gasteiger charge is 2.54. The minimum Gasteiger partial charge on any atom is -0.405 e. The molecule has 0 saturated heterocycles. The molecule has 7 heteroatoms. The summed E-state index contributed by atoms with van der Waals surface area (Å²) in [5.41, 5.74) is 10.9. The number of nitrogens with one attached hydrogen (secondary N) is 2. The van der Waals surface area contributed by atoms with Gasteiger partial charge in [0.2, 0.25) is 0 Å². The van der Waals surface area contributed by atoms with Gasteiger partial charge >= 0.3 is 0 Å². The van der Waals surface area contributed by atoms with Crippen molar-refractivity contribution in [3.05, 3.63) is 71.3 Å². The molecule has 6 nitrogen and oxygen atoms in total. The van der Waals surface area contributed by atoms with Crippen LogP contribution < -0.4 is 11.1 Å². The number of fused-ring (bicyclic) bond motifs is 9. The van der Waals surface area contributed by atoms with E-state index in [1.54, 1.807) is 19.1 Å². The van der Waals surface area contributed by atoms with Gasteiger partial charge in [-0.05, 0) is 78.8 Å². The average molecular weight is 455 g/mol. The molecule has 1 aromatic heterocycles. The number of aromatic amines is 1. The van der Waals surface area contributed by atoms with Crippen molar-refractivity contribution in [2.45, 2.75) is 44.2 Å². The van der Waals surface area contributed by atoms with Gasteiger partial charge in [0.05, 0.1) is 35.2 Å². The molecule has 6 unspecified atom stereocenters. The van der Waals surface area contributed by atoms with Crippen LogP contribution >= 0.6 is 0 Å². The van der Waals surface area contributed by atoms with E-state index in [1.165, 1.54) is 25.5 Å². The molecule has 1 aliphatic heterocycles. The first-order valence-corrected chi connectivity index (χ1v) is 12.0. The Hall–Kier alpha value is -3.66. The van der Waals surface area contributed by atoms with Crippen molar-refractivity contribution < 1.29 is 4.39 Å². The number of rotatable bonds is 4. The first-order valence-electron chi connectivity index (χ1n) is 12.0. The van der Waals surface area contributed by atoms with Crippen LogP contribution in [0.25, 0.3) is 10.9 Å². The summed E-state index contributed by atoms with van der Waals surface area (Å²) in [5, 5.41) is 21.0. The Morgan fingerprint density at radius 3 is 2.85 bits per heavy atom. The fraction of sp³-hybridized carbons (Fsp3) is 0.370. The van der Waals surface area contributed by atoms with E-state index < -0.39 is 6.04 Å². The summed E-state index contributed by atoms with van der Waals surface area (Å²) in [4.78, 5) is 4.46. The molecule has 4 N–H and O–H groups in total. The maximum absolute atomic E-state index is 15.3. The Kier molecular flexibility index (Phi) is 4.91. The highest BCUT2D eigenvalue weighted by atomic mass is 19.1. The van der Waals surface area contributed by atoms with Crippen LogP contribution in [-0.2, 0) is 0 Å². The molecule has 2 bridgehead atoms. The number of nitrogens with two attached hydrogens (primary N) is 1. The van der Waals surface area contributed by atoms with Gasteiger partial charge in [0, 0.05) is 11.5 Å². The van der Waals surface area contributed by atoms with Crippen LogP contribution in [0.5, 0.6) is 0 Å². The number of H-pyrrole nitrogens is 1. The van der Waals surface area contributed by atoms with Crippen molar-refractivity contribution in [2.75, 3.05) is 5.32 Å². The smallest absolute Gasteiger partial charge is 0.148 e. The Morgan fingerprint density at radius 2 is 2.09 bits per heavy atom. The highest BCUT2D eigenvalue weighted by molar-refractivity contribution is 6.08. The molecule has 3 aliphatic rings. The molecule has 34 heavy (non-hydrogen) atoms. The maximum atomic E-state index is 15.3. The molecule has 2 heterocycles. The number of anilines is 1. The molecule has 0 spiro atoms. The molecule has 6 atom stereocenters. The van der Waals surface area contributed by atoms with Crippen molar-refractivity contribution in [1.82, 2.24) is 10.2 Å². The highest BCUT2D eigenvalue weighted by Crippen LogP contribution is 2.64. The summed E-state index contributed by atoms with van der Waals surface area (Å²) in [6, 6.07) is 11.5. The second kappa shape index (κ2) is 7.98. The minimum atomic E-state index is -0.458. The lowest BCUT2D eigenvalue weighted by Crippen LogP contribution is -2.36. The Bertz CT molecular complexity index is 1350. The van der Waals surface area contributed by atoms with E-state index in [4.69, 9.17) is 11.0 Å².